The molecule has 1 N–H and O–H groups in total. The van der Waals surface area contributed by atoms with Crippen LogP contribution in [0.25, 0.3) is 11.1 Å². The Morgan fingerprint density at radius 1 is 0.946 bits per heavy atom. The number of carbonyl (C=O) groups excluding carboxylic acids is 1. The molecule has 2 heterocycles. The molecule has 0 radical (unpaired) electrons. The number of aromatic nitrogens is 1. The number of hydrogen-bond donors (Lipinski definition) is 1. The highest BCUT2D eigenvalue weighted by molar-refractivity contribution is 5.86. The van der Waals surface area contributed by atoms with E-state index in [1.807, 2.05) is 13.8 Å². The first-order valence-corrected chi connectivity index (χ1v) is 13.5. The number of ketones is 1. The van der Waals surface area contributed by atoms with Crippen molar-refractivity contribution >= 4 is 17.2 Å². The summed E-state index contributed by atoms with van der Waals surface area (Å²) >= 11 is 0. The Morgan fingerprint density at radius 2 is 1.73 bits per heavy atom. The molecule has 37 heavy (non-hydrogen) atoms. The summed E-state index contributed by atoms with van der Waals surface area (Å²) in [6, 6.07) is 11.1. The summed E-state index contributed by atoms with van der Waals surface area (Å²) in [6.07, 6.45) is 10.00. The molecule has 0 amide bonds. The van der Waals surface area contributed by atoms with Gasteiger partial charge in [-0.2, -0.15) is 0 Å². The predicted molar refractivity (Wildman–Crippen MR) is 142 cm³/mol. The van der Waals surface area contributed by atoms with Gasteiger partial charge < -0.3 is 14.7 Å². The first-order chi connectivity index (χ1) is 17.9. The lowest BCUT2D eigenvalue weighted by atomic mass is 9.83. The van der Waals surface area contributed by atoms with E-state index in [9.17, 15) is 13.6 Å². The second kappa shape index (κ2) is 11.0. The van der Waals surface area contributed by atoms with Crippen molar-refractivity contribution in [1.29, 1.82) is 0 Å². The van der Waals surface area contributed by atoms with E-state index in [4.69, 9.17) is 4.52 Å². The van der Waals surface area contributed by atoms with Gasteiger partial charge in [-0.3, -0.25) is 4.79 Å². The van der Waals surface area contributed by atoms with Crippen molar-refractivity contribution in [3.63, 3.8) is 0 Å². The molecule has 1 atom stereocenters. The van der Waals surface area contributed by atoms with Crippen LogP contribution in [0.5, 0.6) is 0 Å². The summed E-state index contributed by atoms with van der Waals surface area (Å²) in [5.74, 6) is -0.923. The quantitative estimate of drug-likeness (QED) is 0.394. The zero-order chi connectivity index (χ0) is 25.9. The number of anilines is 2. The highest BCUT2D eigenvalue weighted by Crippen LogP contribution is 2.40. The number of Topliss-reactive ketones (excluding diaryl/α,β-unsaturated/α-hetero) is 1. The van der Waals surface area contributed by atoms with Gasteiger partial charge in [0.1, 0.15) is 11.5 Å². The van der Waals surface area contributed by atoms with Crippen LogP contribution in [-0.4, -0.2) is 23.7 Å². The minimum Gasteiger partial charge on any atom is -0.366 e. The van der Waals surface area contributed by atoms with Gasteiger partial charge in [0, 0.05) is 23.9 Å². The van der Waals surface area contributed by atoms with Crippen LogP contribution in [0, 0.1) is 25.5 Å². The number of carbonyl (C=O) groups is 1. The SMILES string of the molecule is Cc1noc(C)c1-c1ccc2c(c1)NCN2C1CCCCC1.O=C1CCCCC1c1ccc(F)c(F)c1. The highest BCUT2D eigenvalue weighted by atomic mass is 19.2. The van der Waals surface area contributed by atoms with Crippen LogP contribution in [0.4, 0.5) is 20.2 Å². The Balaban J connectivity index is 0.000000164. The van der Waals surface area contributed by atoms with Gasteiger partial charge in [0.2, 0.25) is 0 Å². The molecule has 7 heteroatoms. The molecule has 1 unspecified atom stereocenters. The van der Waals surface area contributed by atoms with Crippen molar-refractivity contribution in [3.05, 3.63) is 65.1 Å². The van der Waals surface area contributed by atoms with E-state index in [0.29, 0.717) is 18.0 Å². The molecule has 0 spiro atoms. The zero-order valence-corrected chi connectivity index (χ0v) is 21.7. The molecule has 2 aromatic carbocycles. The molecule has 3 aliphatic rings. The number of hydrogen-bond acceptors (Lipinski definition) is 5. The molecule has 3 aromatic rings. The Morgan fingerprint density at radius 3 is 2.43 bits per heavy atom. The molecule has 2 saturated carbocycles. The maximum Gasteiger partial charge on any atom is 0.159 e. The number of rotatable bonds is 3. The van der Waals surface area contributed by atoms with Gasteiger partial charge in [0.15, 0.2) is 11.6 Å². The molecule has 196 valence electrons. The number of halogens is 2. The highest BCUT2D eigenvalue weighted by Gasteiger charge is 2.28. The molecule has 6 rings (SSSR count). The third kappa shape index (κ3) is 5.41. The van der Waals surface area contributed by atoms with Crippen molar-refractivity contribution in [2.24, 2.45) is 0 Å². The van der Waals surface area contributed by atoms with Crippen molar-refractivity contribution in [3.8, 4) is 11.1 Å². The van der Waals surface area contributed by atoms with Crippen molar-refractivity contribution in [1.82, 2.24) is 5.16 Å². The summed E-state index contributed by atoms with van der Waals surface area (Å²) in [5, 5.41) is 7.63. The maximum absolute atomic E-state index is 13.0. The largest absolute Gasteiger partial charge is 0.366 e. The number of aryl methyl sites for hydroxylation is 2. The minimum absolute atomic E-state index is 0.146. The van der Waals surface area contributed by atoms with E-state index in [2.05, 4.69) is 33.6 Å². The summed E-state index contributed by atoms with van der Waals surface area (Å²) in [5.41, 5.74) is 6.47. The number of nitrogens with one attached hydrogen (secondary N) is 1. The molecular weight excluding hydrogens is 472 g/mol. The van der Waals surface area contributed by atoms with Crippen LogP contribution in [0.2, 0.25) is 0 Å². The van der Waals surface area contributed by atoms with Gasteiger partial charge >= 0.3 is 0 Å². The third-order valence-corrected chi connectivity index (χ3v) is 7.98. The Bertz CT molecular complexity index is 1250. The fourth-order valence-corrected chi connectivity index (χ4v) is 6.02. The average Bonchev–Trinajstić information content (AvgIpc) is 3.49. The lowest BCUT2D eigenvalue weighted by molar-refractivity contribution is -0.121. The van der Waals surface area contributed by atoms with Gasteiger partial charge in [0.05, 0.1) is 23.7 Å². The molecule has 1 aromatic heterocycles. The van der Waals surface area contributed by atoms with E-state index in [0.717, 1.165) is 55.1 Å². The maximum atomic E-state index is 13.0. The summed E-state index contributed by atoms with van der Waals surface area (Å²) < 4.78 is 31.0. The van der Waals surface area contributed by atoms with Crippen molar-refractivity contribution in [2.45, 2.75) is 83.6 Å². The Hall–Kier alpha value is -3.22. The second-order valence-corrected chi connectivity index (χ2v) is 10.5. The number of fused-ring (bicyclic) bond motifs is 1. The van der Waals surface area contributed by atoms with Gasteiger partial charge in [-0.05, 0) is 74.9 Å². The Labute approximate surface area is 217 Å². The molecule has 2 aliphatic carbocycles. The summed E-state index contributed by atoms with van der Waals surface area (Å²) in [4.78, 5) is 14.1. The molecule has 1 aliphatic heterocycles. The van der Waals surface area contributed by atoms with Crippen molar-refractivity contribution in [2.75, 3.05) is 16.9 Å². The lowest BCUT2D eigenvalue weighted by Gasteiger charge is -2.32. The fourth-order valence-electron chi connectivity index (χ4n) is 6.02. The monoisotopic (exact) mass is 507 g/mol. The van der Waals surface area contributed by atoms with Gasteiger partial charge in [0.25, 0.3) is 0 Å². The van der Waals surface area contributed by atoms with E-state index < -0.39 is 11.6 Å². The second-order valence-electron chi connectivity index (χ2n) is 10.5. The van der Waals surface area contributed by atoms with E-state index in [1.165, 1.54) is 55.1 Å². The Kier molecular flexibility index (Phi) is 7.58. The lowest BCUT2D eigenvalue weighted by Crippen LogP contribution is -2.36. The van der Waals surface area contributed by atoms with Gasteiger partial charge in [-0.15, -0.1) is 0 Å². The summed E-state index contributed by atoms with van der Waals surface area (Å²) in [7, 11) is 0. The van der Waals surface area contributed by atoms with Crippen molar-refractivity contribution < 1.29 is 18.1 Å². The molecule has 5 nitrogen and oxygen atoms in total. The van der Waals surface area contributed by atoms with Crippen LogP contribution >= 0.6 is 0 Å². The summed E-state index contributed by atoms with van der Waals surface area (Å²) in [6.45, 7) is 4.91. The molecular formula is C30H35F2N3O2. The predicted octanol–water partition coefficient (Wildman–Crippen LogP) is 7.67. The van der Waals surface area contributed by atoms with Crippen LogP contribution in [0.15, 0.2) is 40.9 Å². The van der Waals surface area contributed by atoms with Crippen LogP contribution in [0.3, 0.4) is 0 Å². The van der Waals surface area contributed by atoms with Crippen LogP contribution < -0.4 is 10.2 Å². The number of benzene rings is 2. The van der Waals surface area contributed by atoms with Gasteiger partial charge in [-0.1, -0.05) is 43.0 Å². The molecule has 0 saturated heterocycles. The smallest absolute Gasteiger partial charge is 0.159 e. The van der Waals surface area contributed by atoms with E-state index in [-0.39, 0.29) is 11.7 Å². The van der Waals surface area contributed by atoms with Crippen LogP contribution in [-0.2, 0) is 4.79 Å². The van der Waals surface area contributed by atoms with E-state index in [1.54, 1.807) is 0 Å². The molecule has 2 fully saturated rings. The average molecular weight is 508 g/mol. The first kappa shape index (κ1) is 25.4. The fraction of sp³-hybridized carbons (Fsp3) is 0.467. The normalized spacial score (nSPS) is 19.7. The van der Waals surface area contributed by atoms with E-state index >= 15 is 0 Å². The van der Waals surface area contributed by atoms with Crippen LogP contribution in [0.1, 0.15) is 80.7 Å². The zero-order valence-electron chi connectivity index (χ0n) is 21.7. The topological polar surface area (TPSA) is 58.4 Å². The van der Waals surface area contributed by atoms with Gasteiger partial charge in [-0.25, -0.2) is 8.78 Å². The standard InChI is InChI=1S/C18H23N3O.C12H12F2O/c1-12-18(13(2)22-20-12)14-8-9-17-16(10-14)19-11-21(17)15-6-4-3-5-7-15;13-10-6-5-8(7-11(10)14)9-3-1-2-4-12(9)15/h8-10,15,19H,3-7,11H2,1-2H3;5-7,9H,1-4H2. The molecule has 0 bridgehead atoms. The third-order valence-electron chi connectivity index (χ3n) is 7.98. The number of nitrogens with zero attached hydrogens (tertiary/aromatic N) is 2. The minimum atomic E-state index is -0.870. The first-order valence-electron chi connectivity index (χ1n) is 13.5.